The minimum absolute atomic E-state index is 0.0810. The van der Waals surface area contributed by atoms with Crippen molar-refractivity contribution in [2.24, 2.45) is 0 Å². The van der Waals surface area contributed by atoms with Gasteiger partial charge in [0.2, 0.25) is 15.9 Å². The molecule has 1 aliphatic rings. The van der Waals surface area contributed by atoms with E-state index < -0.39 is 10.0 Å². The van der Waals surface area contributed by atoms with Gasteiger partial charge in [-0.05, 0) is 43.3 Å². The van der Waals surface area contributed by atoms with E-state index in [0.717, 1.165) is 5.69 Å². The highest BCUT2D eigenvalue weighted by Crippen LogP contribution is 2.19. The Morgan fingerprint density at radius 2 is 1.73 bits per heavy atom. The van der Waals surface area contributed by atoms with Crippen LogP contribution in [0, 0.1) is 11.3 Å². The number of ketones is 1. The molecule has 1 saturated heterocycles. The van der Waals surface area contributed by atoms with Crippen LogP contribution in [-0.4, -0.2) is 62.0 Å². The van der Waals surface area contributed by atoms with E-state index in [2.05, 4.69) is 5.32 Å². The van der Waals surface area contributed by atoms with Crippen LogP contribution in [0.4, 0.5) is 5.69 Å². The number of carbonyl (C=O) groups is 2. The molecule has 3 rings (SSSR count). The maximum Gasteiger partial charge on any atom is 0.243 e. The van der Waals surface area contributed by atoms with Crippen LogP contribution in [0.2, 0.25) is 0 Å². The summed E-state index contributed by atoms with van der Waals surface area (Å²) in [6.07, 6.45) is 0. The summed E-state index contributed by atoms with van der Waals surface area (Å²) in [5, 5.41) is 11.8. The number of rotatable bonds is 6. The second-order valence-corrected chi connectivity index (χ2v) is 8.85. The maximum absolute atomic E-state index is 12.9. The molecule has 1 heterocycles. The van der Waals surface area contributed by atoms with Gasteiger partial charge in [-0.2, -0.15) is 9.57 Å². The Kier molecular flexibility index (Phi) is 6.50. The number of nitrogens with one attached hydrogen (secondary N) is 1. The van der Waals surface area contributed by atoms with Gasteiger partial charge in [-0.15, -0.1) is 0 Å². The SMILES string of the molecule is CC(=O)c1cccc(S(=O)(=O)N2CCN(C(=O)CNc3ccc(C#N)cc3)CC2)c1. The molecular formula is C21H22N4O4S. The van der Waals surface area contributed by atoms with Crippen molar-refractivity contribution < 1.29 is 18.0 Å². The summed E-state index contributed by atoms with van der Waals surface area (Å²) in [7, 11) is -3.73. The van der Waals surface area contributed by atoms with Crippen molar-refractivity contribution in [3.8, 4) is 6.07 Å². The topological polar surface area (TPSA) is 111 Å². The normalized spacial score (nSPS) is 14.7. The lowest BCUT2D eigenvalue weighted by Crippen LogP contribution is -2.51. The fourth-order valence-corrected chi connectivity index (χ4v) is 4.62. The minimum atomic E-state index is -3.73. The van der Waals surface area contributed by atoms with Gasteiger partial charge in [0.15, 0.2) is 5.78 Å². The first-order valence-electron chi connectivity index (χ1n) is 9.44. The Morgan fingerprint density at radius 1 is 1.07 bits per heavy atom. The lowest BCUT2D eigenvalue weighted by atomic mass is 10.2. The molecule has 30 heavy (non-hydrogen) atoms. The maximum atomic E-state index is 12.9. The van der Waals surface area contributed by atoms with Crippen LogP contribution in [0.15, 0.2) is 53.4 Å². The number of Topliss-reactive ketones (excluding diaryl/α,β-unsaturated/α-hetero) is 1. The average molecular weight is 426 g/mol. The molecule has 156 valence electrons. The molecule has 1 aliphatic heterocycles. The van der Waals surface area contributed by atoms with E-state index in [-0.39, 0.29) is 36.2 Å². The number of benzene rings is 2. The number of anilines is 1. The smallest absolute Gasteiger partial charge is 0.243 e. The fraction of sp³-hybridized carbons (Fsp3) is 0.286. The molecule has 2 aromatic rings. The number of nitrogens with zero attached hydrogens (tertiary/aromatic N) is 3. The van der Waals surface area contributed by atoms with Crippen molar-refractivity contribution >= 4 is 27.4 Å². The monoisotopic (exact) mass is 426 g/mol. The molecule has 1 amide bonds. The predicted molar refractivity (Wildman–Crippen MR) is 111 cm³/mol. The average Bonchev–Trinajstić information content (AvgIpc) is 2.78. The van der Waals surface area contributed by atoms with E-state index in [4.69, 9.17) is 5.26 Å². The summed E-state index contributed by atoms with van der Waals surface area (Å²) in [6.45, 7) is 2.44. The van der Waals surface area contributed by atoms with E-state index in [1.165, 1.54) is 23.4 Å². The zero-order chi connectivity index (χ0) is 21.7. The largest absolute Gasteiger partial charge is 0.376 e. The van der Waals surface area contributed by atoms with Crippen LogP contribution >= 0.6 is 0 Å². The second kappa shape index (κ2) is 9.07. The van der Waals surface area contributed by atoms with Gasteiger partial charge in [-0.25, -0.2) is 8.42 Å². The summed E-state index contributed by atoms with van der Waals surface area (Å²) < 4.78 is 27.1. The molecule has 0 bridgehead atoms. The number of nitriles is 1. The molecule has 0 unspecified atom stereocenters. The lowest BCUT2D eigenvalue weighted by molar-refractivity contribution is -0.130. The van der Waals surface area contributed by atoms with E-state index in [9.17, 15) is 18.0 Å². The molecule has 0 aliphatic carbocycles. The van der Waals surface area contributed by atoms with Crippen molar-refractivity contribution in [1.29, 1.82) is 5.26 Å². The van der Waals surface area contributed by atoms with Gasteiger partial charge >= 0.3 is 0 Å². The van der Waals surface area contributed by atoms with Gasteiger partial charge in [0, 0.05) is 37.4 Å². The summed E-state index contributed by atoms with van der Waals surface area (Å²) in [5.74, 6) is -0.327. The molecule has 1 fully saturated rings. The third-order valence-electron chi connectivity index (χ3n) is 4.93. The molecule has 0 radical (unpaired) electrons. The summed E-state index contributed by atoms with van der Waals surface area (Å²) in [6, 6.07) is 14.8. The zero-order valence-electron chi connectivity index (χ0n) is 16.5. The van der Waals surface area contributed by atoms with Crippen LogP contribution in [0.1, 0.15) is 22.8 Å². The highest BCUT2D eigenvalue weighted by Gasteiger charge is 2.30. The van der Waals surface area contributed by atoms with Gasteiger partial charge in [0.25, 0.3) is 0 Å². The molecule has 0 saturated carbocycles. The third kappa shape index (κ3) is 4.84. The summed E-state index contributed by atoms with van der Waals surface area (Å²) in [5.41, 5.74) is 1.62. The van der Waals surface area contributed by atoms with Gasteiger partial charge < -0.3 is 10.2 Å². The summed E-state index contributed by atoms with van der Waals surface area (Å²) >= 11 is 0. The van der Waals surface area contributed by atoms with Crippen LogP contribution in [-0.2, 0) is 14.8 Å². The number of hydrogen-bond acceptors (Lipinski definition) is 6. The first-order chi connectivity index (χ1) is 14.3. The second-order valence-electron chi connectivity index (χ2n) is 6.91. The summed E-state index contributed by atoms with van der Waals surface area (Å²) in [4.78, 5) is 25.7. The van der Waals surface area contributed by atoms with Crippen molar-refractivity contribution in [3.63, 3.8) is 0 Å². The first-order valence-corrected chi connectivity index (χ1v) is 10.9. The highest BCUT2D eigenvalue weighted by atomic mass is 32.2. The first kappa shape index (κ1) is 21.5. The molecule has 0 atom stereocenters. The zero-order valence-corrected chi connectivity index (χ0v) is 17.4. The Morgan fingerprint density at radius 3 is 2.33 bits per heavy atom. The van der Waals surface area contributed by atoms with Crippen molar-refractivity contribution in [3.05, 3.63) is 59.7 Å². The number of carbonyl (C=O) groups excluding carboxylic acids is 2. The lowest BCUT2D eigenvalue weighted by Gasteiger charge is -2.34. The quantitative estimate of drug-likeness (QED) is 0.704. The highest BCUT2D eigenvalue weighted by molar-refractivity contribution is 7.89. The van der Waals surface area contributed by atoms with Crippen LogP contribution in [0.25, 0.3) is 0 Å². The molecule has 8 nitrogen and oxygen atoms in total. The Balaban J connectivity index is 1.57. The van der Waals surface area contributed by atoms with Gasteiger partial charge in [-0.3, -0.25) is 9.59 Å². The van der Waals surface area contributed by atoms with E-state index in [1.807, 2.05) is 6.07 Å². The van der Waals surface area contributed by atoms with Crippen molar-refractivity contribution in [2.75, 3.05) is 38.0 Å². The molecule has 0 aromatic heterocycles. The van der Waals surface area contributed by atoms with Crippen LogP contribution in [0.3, 0.4) is 0 Å². The molecular weight excluding hydrogens is 404 g/mol. The van der Waals surface area contributed by atoms with E-state index in [0.29, 0.717) is 24.2 Å². The van der Waals surface area contributed by atoms with Crippen molar-refractivity contribution in [2.45, 2.75) is 11.8 Å². The molecule has 0 spiro atoms. The van der Waals surface area contributed by atoms with E-state index in [1.54, 1.807) is 41.3 Å². The fourth-order valence-electron chi connectivity index (χ4n) is 3.15. The predicted octanol–water partition coefficient (Wildman–Crippen LogP) is 1.71. The van der Waals surface area contributed by atoms with Gasteiger partial charge in [-0.1, -0.05) is 12.1 Å². The van der Waals surface area contributed by atoms with E-state index >= 15 is 0 Å². The Bertz CT molecular complexity index is 1080. The van der Waals surface area contributed by atoms with Crippen molar-refractivity contribution in [1.82, 2.24) is 9.21 Å². The Labute approximate surface area is 175 Å². The Hall–Kier alpha value is -3.22. The number of amides is 1. The standard InChI is InChI=1S/C21H22N4O4S/c1-16(26)18-3-2-4-20(13-18)30(28,29)25-11-9-24(10-12-25)21(27)15-23-19-7-5-17(14-22)6-8-19/h2-8,13,23H,9-12,15H2,1H3. The third-order valence-corrected chi connectivity index (χ3v) is 6.82. The van der Waals surface area contributed by atoms with Gasteiger partial charge in [0.1, 0.15) is 0 Å². The van der Waals surface area contributed by atoms with Gasteiger partial charge in [0.05, 0.1) is 23.1 Å². The number of sulfonamides is 1. The van der Waals surface area contributed by atoms with Crippen LogP contribution < -0.4 is 5.32 Å². The minimum Gasteiger partial charge on any atom is -0.376 e. The number of piperazine rings is 1. The molecule has 1 N–H and O–H groups in total. The number of hydrogen-bond donors (Lipinski definition) is 1. The molecule has 9 heteroatoms. The molecule has 2 aromatic carbocycles. The van der Waals surface area contributed by atoms with Crippen LogP contribution in [0.5, 0.6) is 0 Å².